The third-order valence-electron chi connectivity index (χ3n) is 9.21. The van der Waals surface area contributed by atoms with Crippen LogP contribution in [0.1, 0.15) is 144 Å². The summed E-state index contributed by atoms with van der Waals surface area (Å²) in [5, 5.41) is 14.8. The van der Waals surface area contributed by atoms with Gasteiger partial charge in [-0.3, -0.25) is 0 Å². The minimum absolute atomic E-state index is 0.203. The molecule has 2 aromatic carbocycles. The molecule has 0 radical (unpaired) electrons. The molecule has 3 nitrogen and oxygen atoms in total. The first-order chi connectivity index (χ1) is 20.2. The summed E-state index contributed by atoms with van der Waals surface area (Å²) in [7, 11) is 0. The van der Waals surface area contributed by atoms with Crippen LogP contribution < -0.4 is 0 Å². The fourth-order valence-electron chi connectivity index (χ4n) is 6.74. The number of fused-ring (bicyclic) bond motifs is 2. The zero-order valence-electron chi connectivity index (χ0n) is 25.8. The van der Waals surface area contributed by atoms with Crippen molar-refractivity contribution in [2.24, 2.45) is 0 Å². The van der Waals surface area contributed by atoms with Crippen molar-refractivity contribution < 1.29 is 9.38 Å². The van der Waals surface area contributed by atoms with E-state index in [-0.39, 0.29) is 16.7 Å². The molecule has 0 aliphatic heterocycles. The molecule has 0 aromatic heterocycles. The molecular formula is C38H55NO2. The third kappa shape index (κ3) is 9.40. The number of quaternary nitrogens is 1. The van der Waals surface area contributed by atoms with Crippen LogP contribution in [0.5, 0.6) is 0 Å². The molecule has 0 fully saturated rings. The van der Waals surface area contributed by atoms with E-state index < -0.39 is 0 Å². The van der Waals surface area contributed by atoms with E-state index in [0.717, 1.165) is 24.2 Å². The van der Waals surface area contributed by atoms with Crippen molar-refractivity contribution in [1.82, 2.24) is 0 Å². The molecule has 2 aliphatic carbocycles. The molecule has 224 valence electrons. The molecular weight excluding hydrogens is 502 g/mol. The van der Waals surface area contributed by atoms with Crippen LogP contribution in [0.15, 0.2) is 60.7 Å². The van der Waals surface area contributed by atoms with Crippen LogP contribution in [-0.2, 0) is 4.74 Å². The highest BCUT2D eigenvalue weighted by atomic mass is 16.6. The summed E-state index contributed by atoms with van der Waals surface area (Å²) in [6.07, 6.45) is 30.4. The highest BCUT2D eigenvalue weighted by Crippen LogP contribution is 2.47. The van der Waals surface area contributed by atoms with Crippen LogP contribution >= 0.6 is 0 Å². The Morgan fingerprint density at radius 1 is 0.561 bits per heavy atom. The molecule has 0 N–H and O–H groups in total. The van der Waals surface area contributed by atoms with E-state index in [2.05, 4.69) is 79.8 Å². The highest BCUT2D eigenvalue weighted by Gasteiger charge is 2.40. The van der Waals surface area contributed by atoms with Gasteiger partial charge in [0.15, 0.2) is 0 Å². The van der Waals surface area contributed by atoms with Gasteiger partial charge >= 0.3 is 0 Å². The van der Waals surface area contributed by atoms with Crippen LogP contribution in [-0.4, -0.2) is 24.4 Å². The van der Waals surface area contributed by atoms with Gasteiger partial charge in [-0.2, -0.15) is 0 Å². The minimum atomic E-state index is -0.319. The molecule has 0 spiro atoms. The van der Waals surface area contributed by atoms with Gasteiger partial charge in [-0.25, -0.2) is 0 Å². The lowest BCUT2D eigenvalue weighted by Crippen LogP contribution is -2.48. The third-order valence-corrected chi connectivity index (χ3v) is 9.21. The van der Waals surface area contributed by atoms with Crippen molar-refractivity contribution in [1.29, 1.82) is 0 Å². The van der Waals surface area contributed by atoms with Gasteiger partial charge in [-0.05, 0) is 29.7 Å². The Morgan fingerprint density at radius 3 is 1.44 bits per heavy atom. The zero-order valence-corrected chi connectivity index (χ0v) is 25.8. The summed E-state index contributed by atoms with van der Waals surface area (Å²) in [5.74, 6) is 0. The van der Waals surface area contributed by atoms with Crippen molar-refractivity contribution >= 4 is 12.2 Å². The summed E-state index contributed by atoms with van der Waals surface area (Å²) in [6.45, 7) is 4.00. The van der Waals surface area contributed by atoms with E-state index in [1.807, 2.05) is 0 Å². The smallest absolute Gasteiger partial charge is 0.135 e. The van der Waals surface area contributed by atoms with E-state index in [4.69, 9.17) is 4.74 Å². The highest BCUT2D eigenvalue weighted by molar-refractivity contribution is 5.63. The number of hydrogen-bond donors (Lipinski definition) is 0. The van der Waals surface area contributed by atoms with Crippen molar-refractivity contribution in [2.75, 3.05) is 19.8 Å². The number of nitrogens with zero attached hydrogens (tertiary/aromatic N) is 1. The van der Waals surface area contributed by atoms with Crippen LogP contribution in [0.3, 0.4) is 0 Å². The van der Waals surface area contributed by atoms with Gasteiger partial charge < -0.3 is 14.6 Å². The average molecular weight is 558 g/mol. The van der Waals surface area contributed by atoms with Crippen molar-refractivity contribution in [3.8, 4) is 0 Å². The summed E-state index contributed by atoms with van der Waals surface area (Å²) < 4.78 is 5.76. The van der Waals surface area contributed by atoms with E-state index in [9.17, 15) is 5.21 Å². The van der Waals surface area contributed by atoms with E-state index in [0.29, 0.717) is 13.2 Å². The van der Waals surface area contributed by atoms with Gasteiger partial charge in [0.25, 0.3) is 0 Å². The van der Waals surface area contributed by atoms with Crippen LogP contribution in [0.4, 0.5) is 0 Å². The predicted molar refractivity (Wildman–Crippen MR) is 175 cm³/mol. The van der Waals surface area contributed by atoms with Gasteiger partial charge in [0.1, 0.15) is 18.6 Å². The number of rotatable bonds is 22. The molecule has 0 bridgehead atoms. The maximum Gasteiger partial charge on any atom is 0.135 e. The van der Waals surface area contributed by atoms with Gasteiger partial charge in [0.05, 0.1) is 6.61 Å². The fraction of sp³-hybridized carbons (Fsp3) is 0.579. The zero-order chi connectivity index (χ0) is 28.6. The SMILES string of the molecule is CCCCCCCCCCCCCCCCCCOCC[N+]([O-])(C1C=Cc2ccccc21)C1C=Cc2ccccc21. The molecule has 2 unspecified atom stereocenters. The Balaban J connectivity index is 1.09. The molecule has 3 heteroatoms. The fourth-order valence-corrected chi connectivity index (χ4v) is 6.74. The Bertz CT molecular complexity index is 1010. The standard InChI is InChI=1S/C38H55NO2/c1-2-3-4-5-6-7-8-9-10-11-12-13-14-15-16-21-31-41-32-30-39(40,37-28-26-33-22-17-19-24-35(33)37)38-29-27-34-23-18-20-25-36(34)38/h17-20,22-29,37-38H,2-16,21,30-32H2,1H3. The lowest BCUT2D eigenvalue weighted by Gasteiger charge is -2.51. The van der Waals surface area contributed by atoms with E-state index >= 15 is 0 Å². The molecule has 0 saturated heterocycles. The lowest BCUT2D eigenvalue weighted by molar-refractivity contribution is -0.927. The Labute approximate surface area is 250 Å². The molecule has 2 atom stereocenters. The number of benzene rings is 2. The topological polar surface area (TPSA) is 32.3 Å². The average Bonchev–Trinajstić information content (AvgIpc) is 3.64. The van der Waals surface area contributed by atoms with Crippen LogP contribution in [0.25, 0.3) is 12.2 Å². The second-order valence-corrected chi connectivity index (χ2v) is 12.4. The second-order valence-electron chi connectivity index (χ2n) is 12.4. The first kappa shape index (κ1) is 31.7. The van der Waals surface area contributed by atoms with Crippen LogP contribution in [0, 0.1) is 5.21 Å². The Kier molecular flexibility index (Phi) is 13.7. The molecule has 0 amide bonds. The summed E-state index contributed by atoms with van der Waals surface area (Å²) in [4.78, 5) is 0. The number of unbranched alkanes of at least 4 members (excludes halogenated alkanes) is 15. The van der Waals surface area contributed by atoms with Crippen molar-refractivity contribution in [3.63, 3.8) is 0 Å². The van der Waals surface area contributed by atoms with E-state index in [1.165, 1.54) is 107 Å². The largest absolute Gasteiger partial charge is 0.631 e. The summed E-state index contributed by atoms with van der Waals surface area (Å²) in [5.41, 5.74) is 4.61. The van der Waals surface area contributed by atoms with Crippen LogP contribution in [0.2, 0.25) is 0 Å². The normalized spacial score (nSPS) is 18.5. The van der Waals surface area contributed by atoms with Gasteiger partial charge in [-0.1, -0.05) is 164 Å². The first-order valence-corrected chi connectivity index (χ1v) is 16.9. The van der Waals surface area contributed by atoms with Crippen molar-refractivity contribution in [3.05, 3.63) is 88.1 Å². The molecule has 4 rings (SSSR count). The maximum atomic E-state index is 14.8. The Morgan fingerprint density at radius 2 is 0.976 bits per heavy atom. The van der Waals surface area contributed by atoms with Gasteiger partial charge in [0, 0.05) is 17.7 Å². The summed E-state index contributed by atoms with van der Waals surface area (Å²) >= 11 is 0. The number of hydrogen-bond acceptors (Lipinski definition) is 2. The van der Waals surface area contributed by atoms with Gasteiger partial charge in [-0.15, -0.1) is 0 Å². The predicted octanol–water partition coefficient (Wildman–Crippen LogP) is 11.1. The molecule has 0 heterocycles. The minimum Gasteiger partial charge on any atom is -0.631 e. The Hall–Kier alpha value is -2.20. The van der Waals surface area contributed by atoms with E-state index in [1.54, 1.807) is 0 Å². The quantitative estimate of drug-likeness (QED) is 0.0819. The maximum absolute atomic E-state index is 14.8. The van der Waals surface area contributed by atoms with Crippen molar-refractivity contribution in [2.45, 2.75) is 122 Å². The molecule has 0 saturated carbocycles. The van der Waals surface area contributed by atoms with Gasteiger partial charge in [0.2, 0.25) is 0 Å². The lowest BCUT2D eigenvalue weighted by atomic mass is 9.99. The number of ether oxygens (including phenoxy) is 1. The monoisotopic (exact) mass is 557 g/mol. The second kappa shape index (κ2) is 17.7. The molecule has 41 heavy (non-hydrogen) atoms. The summed E-state index contributed by atoms with van der Waals surface area (Å²) in [6, 6.07) is 16.3. The first-order valence-electron chi connectivity index (χ1n) is 16.9. The molecule has 2 aromatic rings. The molecule has 2 aliphatic rings. The number of hydroxylamine groups is 3.